The van der Waals surface area contributed by atoms with Gasteiger partial charge in [-0.25, -0.2) is 0 Å². The number of carbonyl (C=O) groups excluding carboxylic acids is 1. The van der Waals surface area contributed by atoms with Crippen LogP contribution in [0.25, 0.3) is 0 Å². The number of hydrogen-bond donors (Lipinski definition) is 0. The number of carbonyl (C=O) groups is 1. The lowest BCUT2D eigenvalue weighted by molar-refractivity contribution is -0.247. The van der Waals surface area contributed by atoms with Crippen molar-refractivity contribution in [1.29, 1.82) is 0 Å². The van der Waals surface area contributed by atoms with Crippen molar-refractivity contribution >= 4 is 5.78 Å². The van der Waals surface area contributed by atoms with E-state index in [2.05, 4.69) is 13.8 Å². The van der Waals surface area contributed by atoms with Crippen molar-refractivity contribution in [3.8, 4) is 0 Å². The molecule has 28 heavy (non-hydrogen) atoms. The van der Waals surface area contributed by atoms with Crippen LogP contribution in [0.4, 0.5) is 0 Å². The summed E-state index contributed by atoms with van der Waals surface area (Å²) in [4.78, 5) is 13.7. The maximum atomic E-state index is 13.7. The summed E-state index contributed by atoms with van der Waals surface area (Å²) in [6, 6.07) is 0. The molecule has 0 N–H and O–H groups in total. The minimum Gasteiger partial charge on any atom is -0.348 e. The van der Waals surface area contributed by atoms with Crippen LogP contribution in [0.2, 0.25) is 0 Å². The molecule has 0 bridgehead atoms. The van der Waals surface area contributed by atoms with Crippen molar-refractivity contribution in [2.75, 3.05) is 26.4 Å². The first kappa shape index (κ1) is 18.3. The largest absolute Gasteiger partial charge is 0.348 e. The molecule has 4 saturated carbocycles. The Morgan fingerprint density at radius 2 is 1.54 bits per heavy atom. The van der Waals surface area contributed by atoms with Gasteiger partial charge in [-0.15, -0.1) is 0 Å². The number of rotatable bonds is 0. The predicted molar refractivity (Wildman–Crippen MR) is 101 cm³/mol. The van der Waals surface area contributed by atoms with Gasteiger partial charge < -0.3 is 18.9 Å². The van der Waals surface area contributed by atoms with Gasteiger partial charge in [0.15, 0.2) is 11.6 Å². The molecule has 2 aliphatic heterocycles. The standard InChI is InChI=1S/C23H34O5/c1-20-7-8-22(25-9-10-26-22)14-15(20)3-4-16-17-5-6-23(27-11-12-28-23)21(17,2)19(24)13-18(16)20/h15-18H,3-14H2,1-2H3/t15-,16+,17+,18+,20+,21-/m0/s1. The molecule has 6 atom stereocenters. The van der Waals surface area contributed by atoms with Crippen LogP contribution in [0.1, 0.15) is 65.2 Å². The van der Waals surface area contributed by atoms with E-state index in [1.54, 1.807) is 0 Å². The first-order chi connectivity index (χ1) is 13.4. The number of hydrogen-bond acceptors (Lipinski definition) is 5. The van der Waals surface area contributed by atoms with Crippen LogP contribution >= 0.6 is 0 Å². The van der Waals surface area contributed by atoms with Crippen LogP contribution in [0.5, 0.6) is 0 Å². The number of Topliss-reactive ketones (excluding diaryl/α,β-unsaturated/α-hetero) is 1. The summed E-state index contributed by atoms with van der Waals surface area (Å²) in [7, 11) is 0. The zero-order chi connectivity index (χ0) is 19.2. The fraction of sp³-hybridized carbons (Fsp3) is 0.957. The van der Waals surface area contributed by atoms with E-state index in [9.17, 15) is 4.79 Å². The third kappa shape index (κ3) is 2.10. The van der Waals surface area contributed by atoms with Crippen molar-refractivity contribution < 1.29 is 23.7 Å². The predicted octanol–water partition coefficient (Wildman–Crippen LogP) is 3.69. The molecule has 2 heterocycles. The van der Waals surface area contributed by atoms with Crippen molar-refractivity contribution in [2.45, 2.75) is 76.8 Å². The maximum Gasteiger partial charge on any atom is 0.180 e. The highest BCUT2D eigenvalue weighted by molar-refractivity contribution is 5.87. The van der Waals surface area contributed by atoms with Gasteiger partial charge in [0.2, 0.25) is 0 Å². The topological polar surface area (TPSA) is 54.0 Å². The Hall–Kier alpha value is -0.490. The lowest BCUT2D eigenvalue weighted by atomic mass is 9.44. The molecule has 0 amide bonds. The van der Waals surface area contributed by atoms with Crippen LogP contribution in [-0.2, 0) is 23.7 Å². The molecule has 5 nitrogen and oxygen atoms in total. The highest BCUT2D eigenvalue weighted by Gasteiger charge is 2.71. The number of fused-ring (bicyclic) bond motifs is 6. The Labute approximate surface area is 167 Å². The maximum absolute atomic E-state index is 13.7. The van der Waals surface area contributed by atoms with E-state index < -0.39 is 11.2 Å². The third-order valence-electron chi connectivity index (χ3n) is 10.1. The molecule has 5 heteroatoms. The molecule has 4 aliphatic carbocycles. The van der Waals surface area contributed by atoms with Gasteiger partial charge in [-0.05, 0) is 61.7 Å². The van der Waals surface area contributed by atoms with Crippen LogP contribution in [0, 0.1) is 34.5 Å². The van der Waals surface area contributed by atoms with E-state index in [1.807, 2.05) is 0 Å². The minimum absolute atomic E-state index is 0.230. The van der Waals surface area contributed by atoms with E-state index in [0.717, 1.165) is 45.3 Å². The molecule has 0 aromatic heterocycles. The lowest BCUT2D eigenvalue weighted by Gasteiger charge is -2.61. The van der Waals surface area contributed by atoms with E-state index in [-0.39, 0.29) is 11.2 Å². The molecule has 0 unspecified atom stereocenters. The zero-order valence-corrected chi connectivity index (χ0v) is 17.3. The van der Waals surface area contributed by atoms with Gasteiger partial charge in [-0.2, -0.15) is 0 Å². The highest BCUT2D eigenvalue weighted by atomic mass is 16.7. The SMILES string of the molecule is C[C@@]12CCC3(C[C@@H]1CC[C@H]1[C@H]2CC(=O)[C@]2(C)[C@@H]1CCC21OCCO1)OCCO3. The molecule has 2 spiro atoms. The van der Waals surface area contributed by atoms with Crippen LogP contribution in [0.3, 0.4) is 0 Å². The molecule has 156 valence electrons. The average Bonchev–Trinajstić information content (AvgIpc) is 3.40. The minimum atomic E-state index is -0.639. The number of ether oxygens (including phenoxy) is 4. The monoisotopic (exact) mass is 390 g/mol. The molecule has 0 radical (unpaired) electrons. The summed E-state index contributed by atoms with van der Waals surface area (Å²) in [5.74, 6) is 1.56. The molecule has 6 rings (SSSR count). The Morgan fingerprint density at radius 3 is 2.29 bits per heavy atom. The van der Waals surface area contributed by atoms with E-state index >= 15 is 0 Å². The molecule has 0 aromatic carbocycles. The summed E-state index contributed by atoms with van der Waals surface area (Å²) in [5, 5.41) is 0. The average molecular weight is 391 g/mol. The molecule has 6 aliphatic rings. The second-order valence-electron chi connectivity index (χ2n) is 10.8. The Morgan fingerprint density at radius 1 is 0.821 bits per heavy atom. The quantitative estimate of drug-likeness (QED) is 0.631. The molecular weight excluding hydrogens is 356 g/mol. The van der Waals surface area contributed by atoms with Gasteiger partial charge in [-0.3, -0.25) is 4.79 Å². The summed E-state index contributed by atoms with van der Waals surface area (Å²) >= 11 is 0. The summed E-state index contributed by atoms with van der Waals surface area (Å²) in [5.41, 5.74) is -0.227. The van der Waals surface area contributed by atoms with Crippen molar-refractivity contribution in [1.82, 2.24) is 0 Å². The van der Waals surface area contributed by atoms with Crippen molar-refractivity contribution in [2.24, 2.45) is 34.5 Å². The molecular formula is C23H34O5. The van der Waals surface area contributed by atoms with Crippen LogP contribution in [0.15, 0.2) is 0 Å². The first-order valence-electron chi connectivity index (χ1n) is 11.5. The second kappa shape index (κ2) is 5.81. The van der Waals surface area contributed by atoms with Crippen molar-refractivity contribution in [3.63, 3.8) is 0 Å². The molecule has 6 fully saturated rings. The van der Waals surface area contributed by atoms with Gasteiger partial charge in [0.05, 0.1) is 31.8 Å². The normalized spacial score (nSPS) is 51.3. The van der Waals surface area contributed by atoms with Gasteiger partial charge in [0.1, 0.15) is 5.78 Å². The van der Waals surface area contributed by atoms with Gasteiger partial charge in [0, 0.05) is 25.7 Å². The Kier molecular flexibility index (Phi) is 3.79. The van der Waals surface area contributed by atoms with Gasteiger partial charge >= 0.3 is 0 Å². The summed E-state index contributed by atoms with van der Waals surface area (Å²) in [6.07, 6.45) is 8.23. The Bertz CT molecular complexity index is 678. The molecule has 0 aromatic rings. The Balaban J connectivity index is 1.32. The number of ketones is 1. The lowest BCUT2D eigenvalue weighted by Crippen LogP contribution is -2.61. The van der Waals surface area contributed by atoms with Crippen molar-refractivity contribution in [3.05, 3.63) is 0 Å². The smallest absolute Gasteiger partial charge is 0.180 e. The fourth-order valence-electron chi connectivity index (χ4n) is 8.55. The third-order valence-corrected chi connectivity index (χ3v) is 10.1. The van der Waals surface area contributed by atoms with Crippen LogP contribution < -0.4 is 0 Å². The highest BCUT2D eigenvalue weighted by Crippen LogP contribution is 2.69. The van der Waals surface area contributed by atoms with E-state index in [0.29, 0.717) is 49.1 Å². The summed E-state index contributed by atoms with van der Waals surface area (Å²) < 4.78 is 24.4. The second-order valence-corrected chi connectivity index (χ2v) is 10.8. The first-order valence-corrected chi connectivity index (χ1v) is 11.5. The summed E-state index contributed by atoms with van der Waals surface area (Å²) in [6.45, 7) is 7.36. The van der Waals surface area contributed by atoms with Gasteiger partial charge in [-0.1, -0.05) is 6.92 Å². The van der Waals surface area contributed by atoms with E-state index in [4.69, 9.17) is 18.9 Å². The molecule has 2 saturated heterocycles. The van der Waals surface area contributed by atoms with Crippen LogP contribution in [-0.4, -0.2) is 43.8 Å². The fourth-order valence-corrected chi connectivity index (χ4v) is 8.55. The van der Waals surface area contributed by atoms with E-state index in [1.165, 1.54) is 12.8 Å². The van der Waals surface area contributed by atoms with Gasteiger partial charge in [0.25, 0.3) is 0 Å². The zero-order valence-electron chi connectivity index (χ0n) is 17.3.